The van der Waals surface area contributed by atoms with Crippen LogP contribution in [0.25, 0.3) is 0 Å². The molecule has 0 bridgehead atoms. The molecule has 5 heteroatoms. The molecule has 78 valence electrons. The minimum atomic E-state index is 0.392. The molecule has 0 spiro atoms. The predicted octanol–water partition coefficient (Wildman–Crippen LogP) is 3.72. The molecule has 0 unspecified atom stereocenters. The summed E-state index contributed by atoms with van der Waals surface area (Å²) in [5, 5.41) is 0.577. The Morgan fingerprint density at radius 2 is 2.07 bits per heavy atom. The Balaban J connectivity index is 3.14. The summed E-state index contributed by atoms with van der Waals surface area (Å²) >= 11 is 9.94. The number of thioether (sulfide) groups is 1. The largest absolute Gasteiger partial charge is 0.236 e. The van der Waals surface area contributed by atoms with Gasteiger partial charge in [-0.3, -0.25) is 0 Å². The number of halogens is 2. The normalized spacial score (nSPS) is 11.0. The van der Waals surface area contributed by atoms with Crippen molar-refractivity contribution < 1.29 is 0 Å². The lowest BCUT2D eigenvalue weighted by Crippen LogP contribution is -2.04. The second-order valence-corrected chi connectivity index (χ2v) is 5.52. The second-order valence-electron chi connectivity index (χ2n) is 3.22. The van der Waals surface area contributed by atoms with E-state index in [1.165, 1.54) is 0 Å². The average Bonchev–Trinajstić information content (AvgIpc) is 2.11. The van der Waals surface area contributed by atoms with Crippen LogP contribution < -0.4 is 0 Å². The van der Waals surface area contributed by atoms with Crippen LogP contribution in [0.15, 0.2) is 0 Å². The maximum atomic E-state index is 6.03. The van der Waals surface area contributed by atoms with Gasteiger partial charge in [0.2, 0.25) is 0 Å². The molecule has 0 aliphatic heterocycles. The summed E-state index contributed by atoms with van der Waals surface area (Å²) < 4.78 is 0.976. The van der Waals surface area contributed by atoms with Crippen molar-refractivity contribution in [3.05, 3.63) is 20.2 Å². The minimum absolute atomic E-state index is 0.392. The van der Waals surface area contributed by atoms with Gasteiger partial charge >= 0.3 is 0 Å². The van der Waals surface area contributed by atoms with Crippen LogP contribution in [0.1, 0.15) is 31.3 Å². The molecule has 1 aromatic heterocycles. The maximum absolute atomic E-state index is 6.03. The first-order valence-corrected chi connectivity index (χ1v) is 7.12. The first-order chi connectivity index (χ1) is 6.56. The fourth-order valence-corrected chi connectivity index (χ4v) is 2.50. The van der Waals surface area contributed by atoms with Gasteiger partial charge in [0.15, 0.2) is 0 Å². The Labute approximate surface area is 107 Å². The number of aromatic nitrogens is 2. The minimum Gasteiger partial charge on any atom is -0.236 e. The summed E-state index contributed by atoms with van der Waals surface area (Å²) in [6.07, 6.45) is 2.03. The molecule has 0 saturated heterocycles. The van der Waals surface area contributed by atoms with Gasteiger partial charge in [0.05, 0.1) is 15.0 Å². The lowest BCUT2D eigenvalue weighted by molar-refractivity contribution is 0.791. The molecular weight excluding hydrogens is 331 g/mol. The van der Waals surface area contributed by atoms with Gasteiger partial charge in [-0.15, -0.1) is 0 Å². The van der Waals surface area contributed by atoms with Crippen molar-refractivity contribution in [2.45, 2.75) is 25.5 Å². The Kier molecular flexibility index (Phi) is 4.93. The lowest BCUT2D eigenvalue weighted by atomic mass is 10.1. The first-order valence-electron chi connectivity index (χ1n) is 4.27. The zero-order chi connectivity index (χ0) is 10.7. The fraction of sp³-hybridized carbons (Fsp3) is 0.556. The van der Waals surface area contributed by atoms with E-state index in [4.69, 9.17) is 11.6 Å². The summed E-state index contributed by atoms with van der Waals surface area (Å²) in [5.74, 6) is 2.03. The maximum Gasteiger partial charge on any atom is 0.146 e. The van der Waals surface area contributed by atoms with Crippen molar-refractivity contribution in [1.29, 1.82) is 0 Å². The Morgan fingerprint density at radius 1 is 1.43 bits per heavy atom. The van der Waals surface area contributed by atoms with Crippen LogP contribution in [0.2, 0.25) is 5.15 Å². The standard InChI is InChI=1S/C9H12ClIN2S/c1-5(2)8-7(11)9(10)13-6(12-8)4-14-3/h5H,4H2,1-3H3. The molecule has 0 radical (unpaired) electrons. The zero-order valence-electron chi connectivity index (χ0n) is 8.34. The van der Waals surface area contributed by atoms with Gasteiger partial charge in [0.1, 0.15) is 11.0 Å². The van der Waals surface area contributed by atoms with E-state index in [1.807, 2.05) is 6.26 Å². The predicted molar refractivity (Wildman–Crippen MR) is 71.1 cm³/mol. The van der Waals surface area contributed by atoms with E-state index in [1.54, 1.807) is 11.8 Å². The van der Waals surface area contributed by atoms with Gasteiger partial charge < -0.3 is 0 Å². The van der Waals surface area contributed by atoms with E-state index < -0.39 is 0 Å². The molecule has 0 atom stereocenters. The van der Waals surface area contributed by atoms with Crippen LogP contribution >= 0.6 is 46.0 Å². The quantitative estimate of drug-likeness (QED) is 0.618. The summed E-state index contributed by atoms with van der Waals surface area (Å²) in [5.41, 5.74) is 1.05. The van der Waals surface area contributed by atoms with Crippen molar-refractivity contribution in [3.63, 3.8) is 0 Å². The Hall–Kier alpha value is 0.450. The van der Waals surface area contributed by atoms with Gasteiger partial charge in [-0.25, -0.2) is 9.97 Å². The van der Waals surface area contributed by atoms with Crippen LogP contribution in [0.4, 0.5) is 0 Å². The molecule has 0 fully saturated rings. The zero-order valence-corrected chi connectivity index (χ0v) is 12.1. The number of nitrogens with zero attached hydrogens (tertiary/aromatic N) is 2. The van der Waals surface area contributed by atoms with Crippen molar-refractivity contribution in [3.8, 4) is 0 Å². The van der Waals surface area contributed by atoms with Gasteiger partial charge in [0.25, 0.3) is 0 Å². The monoisotopic (exact) mass is 342 g/mol. The average molecular weight is 343 g/mol. The third-order valence-electron chi connectivity index (χ3n) is 1.70. The SMILES string of the molecule is CSCc1nc(Cl)c(I)c(C(C)C)n1. The van der Waals surface area contributed by atoms with E-state index in [0.717, 1.165) is 20.8 Å². The highest BCUT2D eigenvalue weighted by Crippen LogP contribution is 2.25. The van der Waals surface area contributed by atoms with Crippen molar-refractivity contribution in [2.24, 2.45) is 0 Å². The first kappa shape index (κ1) is 12.5. The molecule has 0 aliphatic rings. The molecule has 0 N–H and O–H groups in total. The van der Waals surface area contributed by atoms with Crippen molar-refractivity contribution in [1.82, 2.24) is 9.97 Å². The molecule has 1 heterocycles. The number of hydrogen-bond donors (Lipinski definition) is 0. The fourth-order valence-electron chi connectivity index (χ4n) is 1.06. The molecule has 1 aromatic rings. The number of rotatable bonds is 3. The number of hydrogen-bond acceptors (Lipinski definition) is 3. The highest BCUT2D eigenvalue weighted by Gasteiger charge is 2.12. The Morgan fingerprint density at radius 3 is 2.57 bits per heavy atom. The summed E-state index contributed by atoms with van der Waals surface area (Å²) in [4.78, 5) is 8.73. The van der Waals surface area contributed by atoms with Crippen LogP contribution in [-0.4, -0.2) is 16.2 Å². The summed E-state index contributed by atoms with van der Waals surface area (Å²) in [6, 6.07) is 0. The summed E-state index contributed by atoms with van der Waals surface area (Å²) in [6.45, 7) is 4.23. The van der Waals surface area contributed by atoms with Gasteiger partial charge in [-0.2, -0.15) is 11.8 Å². The van der Waals surface area contributed by atoms with E-state index in [-0.39, 0.29) is 0 Å². The molecule has 1 rings (SSSR count). The van der Waals surface area contributed by atoms with Gasteiger partial charge in [-0.1, -0.05) is 25.4 Å². The lowest BCUT2D eigenvalue weighted by Gasteiger charge is -2.10. The molecule has 0 saturated carbocycles. The van der Waals surface area contributed by atoms with Crippen LogP contribution in [-0.2, 0) is 5.75 Å². The van der Waals surface area contributed by atoms with E-state index in [2.05, 4.69) is 46.4 Å². The van der Waals surface area contributed by atoms with Crippen LogP contribution in [0, 0.1) is 3.57 Å². The van der Waals surface area contributed by atoms with Crippen molar-refractivity contribution >= 4 is 46.0 Å². The third-order valence-corrected chi connectivity index (χ3v) is 3.91. The smallest absolute Gasteiger partial charge is 0.146 e. The van der Waals surface area contributed by atoms with E-state index in [9.17, 15) is 0 Å². The highest BCUT2D eigenvalue weighted by atomic mass is 127. The Bertz CT molecular complexity index is 331. The third kappa shape index (κ3) is 2.97. The van der Waals surface area contributed by atoms with E-state index >= 15 is 0 Å². The van der Waals surface area contributed by atoms with E-state index in [0.29, 0.717) is 11.1 Å². The molecule has 0 amide bonds. The highest BCUT2D eigenvalue weighted by molar-refractivity contribution is 14.1. The van der Waals surface area contributed by atoms with Crippen molar-refractivity contribution in [2.75, 3.05) is 6.26 Å². The molecule has 14 heavy (non-hydrogen) atoms. The molecular formula is C9H12ClIN2S. The van der Waals surface area contributed by atoms with Gasteiger partial charge in [-0.05, 0) is 34.8 Å². The van der Waals surface area contributed by atoms with Gasteiger partial charge in [0, 0.05) is 0 Å². The molecule has 0 aromatic carbocycles. The van der Waals surface area contributed by atoms with Crippen LogP contribution in [0.3, 0.4) is 0 Å². The van der Waals surface area contributed by atoms with Crippen LogP contribution in [0.5, 0.6) is 0 Å². The second kappa shape index (κ2) is 5.51. The molecule has 0 aliphatic carbocycles. The molecule has 2 nitrogen and oxygen atoms in total. The topological polar surface area (TPSA) is 25.8 Å². The summed E-state index contributed by atoms with van der Waals surface area (Å²) in [7, 11) is 0.